The molecule has 1 aromatic heterocycles. The van der Waals surface area contributed by atoms with Gasteiger partial charge in [-0.1, -0.05) is 31.0 Å². The van der Waals surface area contributed by atoms with Crippen LogP contribution in [0.15, 0.2) is 65.3 Å². The topological polar surface area (TPSA) is 81.0 Å². The molecule has 0 saturated heterocycles. The number of hydrogen-bond acceptors (Lipinski definition) is 5. The molecule has 1 N–H and O–H groups in total. The molecule has 4 rings (SSSR count). The highest BCUT2D eigenvalue weighted by Gasteiger charge is 2.39. The molecule has 10 heteroatoms. The molecule has 7 nitrogen and oxygen atoms in total. The maximum atomic E-state index is 13.9. The summed E-state index contributed by atoms with van der Waals surface area (Å²) in [6, 6.07) is 10.5. The highest BCUT2D eigenvalue weighted by Crippen LogP contribution is 2.41. The summed E-state index contributed by atoms with van der Waals surface area (Å²) in [6.45, 7) is 0. The molecule has 2 aromatic carbocycles. The highest BCUT2D eigenvalue weighted by atomic mass is 19.4. The number of nitrogens with one attached hydrogen (secondary N) is 1. The zero-order chi connectivity index (χ0) is 26.6. The molecular weight excluding hydrogens is 489 g/mol. The molecule has 1 heterocycles. The Kier molecular flexibility index (Phi) is 7.75. The van der Waals surface area contributed by atoms with Crippen LogP contribution in [0.4, 0.5) is 18.9 Å². The minimum Gasteiger partial charge on any atom is -0.493 e. The van der Waals surface area contributed by atoms with Crippen molar-refractivity contribution in [2.45, 2.75) is 43.9 Å². The third kappa shape index (κ3) is 5.58. The highest BCUT2D eigenvalue weighted by molar-refractivity contribution is 6.09. The Morgan fingerprint density at radius 3 is 2.38 bits per heavy atom. The lowest BCUT2D eigenvalue weighted by atomic mass is 9.99. The van der Waals surface area contributed by atoms with E-state index in [4.69, 9.17) is 13.9 Å². The number of para-hydroxylation sites is 1. The van der Waals surface area contributed by atoms with Crippen molar-refractivity contribution in [3.63, 3.8) is 0 Å². The third-order valence-electron chi connectivity index (χ3n) is 6.34. The number of amides is 2. The van der Waals surface area contributed by atoms with Crippen LogP contribution in [-0.4, -0.2) is 32.1 Å². The number of nitrogens with zero attached hydrogens (tertiary/aromatic N) is 1. The molecule has 0 spiro atoms. The summed E-state index contributed by atoms with van der Waals surface area (Å²) in [6.07, 6.45) is 0.0380. The van der Waals surface area contributed by atoms with Crippen LogP contribution in [0.25, 0.3) is 0 Å². The molecule has 0 bridgehead atoms. The average molecular weight is 517 g/mol. The van der Waals surface area contributed by atoms with Crippen molar-refractivity contribution in [3.05, 3.63) is 77.7 Å². The van der Waals surface area contributed by atoms with Crippen molar-refractivity contribution < 1.29 is 36.7 Å². The fraction of sp³-hybridized carbons (Fsp3) is 0.333. The van der Waals surface area contributed by atoms with Crippen LogP contribution in [0, 0.1) is 0 Å². The van der Waals surface area contributed by atoms with Gasteiger partial charge in [0.2, 0.25) is 5.91 Å². The number of rotatable bonds is 8. The number of methoxy groups -OCH3 is 2. The number of halogens is 3. The van der Waals surface area contributed by atoms with Gasteiger partial charge in [-0.25, -0.2) is 0 Å². The second-order valence-electron chi connectivity index (χ2n) is 8.68. The van der Waals surface area contributed by atoms with Crippen LogP contribution in [0.1, 0.15) is 53.4 Å². The van der Waals surface area contributed by atoms with Crippen molar-refractivity contribution in [1.29, 1.82) is 0 Å². The number of carbonyl (C=O) groups is 2. The second-order valence-corrected chi connectivity index (χ2v) is 8.68. The summed E-state index contributed by atoms with van der Waals surface area (Å²) in [5, 5.41) is 2.98. The fourth-order valence-corrected chi connectivity index (χ4v) is 4.61. The minimum atomic E-state index is -4.66. The number of ether oxygens (including phenoxy) is 2. The van der Waals surface area contributed by atoms with E-state index >= 15 is 0 Å². The van der Waals surface area contributed by atoms with Crippen LogP contribution in [0.5, 0.6) is 11.5 Å². The first kappa shape index (κ1) is 26.1. The largest absolute Gasteiger partial charge is 0.493 e. The Labute approximate surface area is 212 Å². The normalized spacial score (nSPS) is 14.7. The molecule has 0 aliphatic heterocycles. The summed E-state index contributed by atoms with van der Waals surface area (Å²) < 4.78 is 57.2. The predicted molar refractivity (Wildman–Crippen MR) is 130 cm³/mol. The van der Waals surface area contributed by atoms with Gasteiger partial charge in [0.25, 0.3) is 5.91 Å². The lowest BCUT2D eigenvalue weighted by molar-refractivity contribution is -0.137. The van der Waals surface area contributed by atoms with E-state index in [1.54, 1.807) is 18.2 Å². The minimum absolute atomic E-state index is 0.117. The number of anilines is 1. The van der Waals surface area contributed by atoms with Crippen LogP contribution in [0.3, 0.4) is 0 Å². The molecule has 1 saturated carbocycles. The van der Waals surface area contributed by atoms with Gasteiger partial charge in [0.15, 0.2) is 17.3 Å². The lowest BCUT2D eigenvalue weighted by Crippen LogP contribution is -2.46. The molecule has 0 radical (unpaired) electrons. The molecular formula is C27H27F3N2O5. The third-order valence-corrected chi connectivity index (χ3v) is 6.34. The van der Waals surface area contributed by atoms with Crippen LogP contribution in [-0.2, 0) is 11.0 Å². The van der Waals surface area contributed by atoms with Gasteiger partial charge in [-0.15, -0.1) is 0 Å². The smallest absolute Gasteiger partial charge is 0.416 e. The van der Waals surface area contributed by atoms with E-state index in [-0.39, 0.29) is 28.8 Å². The second kappa shape index (κ2) is 11.0. The zero-order valence-corrected chi connectivity index (χ0v) is 20.4. The first-order valence-corrected chi connectivity index (χ1v) is 11.8. The summed E-state index contributed by atoms with van der Waals surface area (Å²) in [4.78, 5) is 28.7. The Morgan fingerprint density at radius 1 is 1.03 bits per heavy atom. The van der Waals surface area contributed by atoms with Crippen molar-refractivity contribution >= 4 is 17.5 Å². The number of alkyl halides is 3. The predicted octanol–water partition coefficient (Wildman–Crippen LogP) is 5.76. The van der Waals surface area contributed by atoms with Gasteiger partial charge in [0.1, 0.15) is 6.04 Å². The Hall–Kier alpha value is -3.95. The number of hydrogen-bond donors (Lipinski definition) is 1. The molecule has 37 heavy (non-hydrogen) atoms. The van der Waals surface area contributed by atoms with Gasteiger partial charge in [0, 0.05) is 17.3 Å². The van der Waals surface area contributed by atoms with Gasteiger partial charge in [-0.3, -0.25) is 14.5 Å². The summed E-state index contributed by atoms with van der Waals surface area (Å²) in [5.74, 6) is -1.01. The van der Waals surface area contributed by atoms with Gasteiger partial charge in [-0.2, -0.15) is 13.2 Å². The van der Waals surface area contributed by atoms with E-state index in [1.807, 2.05) is 0 Å². The van der Waals surface area contributed by atoms with Gasteiger partial charge in [-0.05, 0) is 49.2 Å². The lowest BCUT2D eigenvalue weighted by Gasteiger charge is -2.33. The van der Waals surface area contributed by atoms with Gasteiger partial charge >= 0.3 is 6.18 Å². The number of benzene rings is 2. The molecule has 3 aromatic rings. The molecule has 196 valence electrons. The monoisotopic (exact) mass is 516 g/mol. The van der Waals surface area contributed by atoms with E-state index in [9.17, 15) is 22.8 Å². The molecule has 1 fully saturated rings. The first-order valence-electron chi connectivity index (χ1n) is 11.8. The standard InChI is InChI=1S/C27H27F3N2O5/c1-35-21-13-6-12-20(24(21)36-2)23(25(33)31-18-9-3-4-10-18)32(26(34)22-14-7-15-37-22)19-11-5-8-17(16-19)27(28,29)30/h5-8,11-16,18,23H,3-4,9-10H2,1-2H3,(H,31,33)/t23-/m1/s1. The quantitative estimate of drug-likeness (QED) is 0.412. The molecule has 1 atom stereocenters. The summed E-state index contributed by atoms with van der Waals surface area (Å²) in [5.41, 5.74) is -0.850. The average Bonchev–Trinajstić information content (AvgIpc) is 3.60. The van der Waals surface area contributed by atoms with Crippen molar-refractivity contribution in [2.75, 3.05) is 19.1 Å². The maximum absolute atomic E-state index is 13.9. The van der Waals surface area contributed by atoms with Gasteiger partial charge < -0.3 is 19.2 Å². The van der Waals surface area contributed by atoms with Crippen LogP contribution in [0.2, 0.25) is 0 Å². The number of carbonyl (C=O) groups excluding carboxylic acids is 2. The number of furan rings is 1. The molecule has 2 amide bonds. The maximum Gasteiger partial charge on any atom is 0.416 e. The van der Waals surface area contributed by atoms with Crippen molar-refractivity contribution in [2.24, 2.45) is 0 Å². The van der Waals surface area contributed by atoms with Crippen molar-refractivity contribution in [3.8, 4) is 11.5 Å². The summed E-state index contributed by atoms with van der Waals surface area (Å²) in [7, 11) is 2.81. The molecule has 0 unspecified atom stereocenters. The van der Waals surface area contributed by atoms with Crippen molar-refractivity contribution in [1.82, 2.24) is 5.32 Å². The Morgan fingerprint density at radius 2 is 1.76 bits per heavy atom. The van der Waals surface area contributed by atoms with E-state index < -0.39 is 29.6 Å². The Bertz CT molecular complexity index is 1240. The van der Waals surface area contributed by atoms with Crippen LogP contribution < -0.4 is 19.7 Å². The zero-order valence-electron chi connectivity index (χ0n) is 20.4. The Balaban J connectivity index is 1.93. The van der Waals surface area contributed by atoms with E-state index in [2.05, 4.69) is 5.32 Å². The fourth-order valence-electron chi connectivity index (χ4n) is 4.61. The summed E-state index contributed by atoms with van der Waals surface area (Å²) >= 11 is 0. The van der Waals surface area contributed by atoms with E-state index in [0.717, 1.165) is 42.7 Å². The van der Waals surface area contributed by atoms with E-state index in [0.29, 0.717) is 5.75 Å². The molecule has 1 aliphatic rings. The first-order chi connectivity index (χ1) is 17.7. The molecule has 1 aliphatic carbocycles. The SMILES string of the molecule is COc1cccc([C@H](C(=O)NC2CCCC2)N(C(=O)c2ccco2)c2cccc(C(F)(F)F)c2)c1OC. The van der Waals surface area contributed by atoms with Crippen LogP contribution >= 0.6 is 0 Å². The van der Waals surface area contributed by atoms with Gasteiger partial charge in [0.05, 0.1) is 26.0 Å². The van der Waals surface area contributed by atoms with E-state index in [1.165, 1.54) is 44.7 Å².